The number of hydrogen-bond acceptors (Lipinski definition) is 3. The Morgan fingerprint density at radius 2 is 1.83 bits per heavy atom. The number of carbonyl (C=O) groups excluding carboxylic acids is 2. The molecule has 0 unspecified atom stereocenters. The maximum Gasteiger partial charge on any atom is 0.352 e. The van der Waals surface area contributed by atoms with Crippen molar-refractivity contribution in [2.24, 2.45) is 0 Å². The van der Waals surface area contributed by atoms with Crippen LogP contribution < -0.4 is 0 Å². The molecule has 1 aromatic rings. The van der Waals surface area contributed by atoms with Crippen molar-refractivity contribution in [3.63, 3.8) is 0 Å². The molecule has 0 aliphatic carbocycles. The van der Waals surface area contributed by atoms with Crippen molar-refractivity contribution in [1.82, 2.24) is 4.90 Å². The van der Waals surface area contributed by atoms with E-state index >= 15 is 0 Å². The molecule has 0 saturated heterocycles. The van der Waals surface area contributed by atoms with Gasteiger partial charge in [0.1, 0.15) is 0 Å². The molecule has 0 aliphatic heterocycles. The molecule has 0 spiro atoms. The van der Waals surface area contributed by atoms with Crippen LogP contribution in [0.5, 0.6) is 0 Å². The molecule has 0 atom stereocenters. The van der Waals surface area contributed by atoms with Gasteiger partial charge in [0.25, 0.3) is 10.2 Å². The predicted molar refractivity (Wildman–Crippen MR) is 92.4 cm³/mol. The molecule has 0 N–H and O–H groups in total. The minimum absolute atomic E-state index is 0.0972. The van der Waals surface area contributed by atoms with Gasteiger partial charge in [0.05, 0.1) is 6.61 Å². The van der Waals surface area contributed by atoms with Crippen molar-refractivity contribution < 1.29 is 14.3 Å². The minimum Gasteiger partial charge on any atom is -0.463 e. The predicted octanol–water partition coefficient (Wildman–Crippen LogP) is 3.72. The number of hydrogen-bond donors (Lipinski definition) is 0. The van der Waals surface area contributed by atoms with E-state index in [1.54, 1.807) is 6.92 Å². The van der Waals surface area contributed by atoms with Gasteiger partial charge in [-0.25, -0.2) is 4.79 Å². The van der Waals surface area contributed by atoms with E-state index in [1.807, 2.05) is 50.3 Å². The summed E-state index contributed by atoms with van der Waals surface area (Å²) in [7, 11) is 0. The number of esters is 1. The van der Waals surface area contributed by atoms with Crippen molar-refractivity contribution >= 4 is 35.1 Å². The largest absolute Gasteiger partial charge is 0.463 e. The van der Waals surface area contributed by atoms with Gasteiger partial charge in [0.15, 0.2) is 0 Å². The van der Waals surface area contributed by atoms with Gasteiger partial charge in [0.2, 0.25) is 0 Å². The summed E-state index contributed by atoms with van der Waals surface area (Å²) in [6, 6.07) is 9.41. The van der Waals surface area contributed by atoms with Crippen LogP contribution in [0.3, 0.4) is 0 Å². The van der Waals surface area contributed by atoms with Crippen LogP contribution >= 0.6 is 23.2 Å². The smallest absolute Gasteiger partial charge is 0.352 e. The van der Waals surface area contributed by atoms with Crippen molar-refractivity contribution in [1.29, 1.82) is 0 Å². The van der Waals surface area contributed by atoms with Gasteiger partial charge in [0, 0.05) is 13.1 Å². The van der Waals surface area contributed by atoms with Crippen LogP contribution in [0.25, 0.3) is 0 Å². The highest BCUT2D eigenvalue weighted by molar-refractivity contribution is 6.67. The normalized spacial score (nSPS) is 10.8. The van der Waals surface area contributed by atoms with Crippen molar-refractivity contribution in [3.8, 4) is 0 Å². The molecule has 6 heteroatoms. The van der Waals surface area contributed by atoms with Crippen LogP contribution in [0.2, 0.25) is 0 Å². The standard InChI is InChI=1S/C17H21Cl2NO3/c1-4-23-16(22)17(18,19)15(21)20(11-10-13(2)3)12-14-8-6-5-7-9-14/h5-10H,4,11-12H2,1-3H3. The summed E-state index contributed by atoms with van der Waals surface area (Å²) >= 11 is 11.9. The molecule has 0 aliphatic rings. The zero-order valence-electron chi connectivity index (χ0n) is 13.5. The summed E-state index contributed by atoms with van der Waals surface area (Å²) < 4.78 is 2.54. The van der Waals surface area contributed by atoms with E-state index < -0.39 is 16.2 Å². The fourth-order valence-electron chi connectivity index (χ4n) is 1.82. The van der Waals surface area contributed by atoms with Crippen LogP contribution in [0.15, 0.2) is 42.0 Å². The first-order chi connectivity index (χ1) is 10.8. The molecule has 0 heterocycles. The lowest BCUT2D eigenvalue weighted by Crippen LogP contribution is -2.47. The van der Waals surface area contributed by atoms with Gasteiger partial charge in [-0.15, -0.1) is 0 Å². The van der Waals surface area contributed by atoms with Gasteiger partial charge in [-0.2, -0.15) is 0 Å². The fraction of sp³-hybridized carbons (Fsp3) is 0.412. The minimum atomic E-state index is -2.25. The summed E-state index contributed by atoms with van der Waals surface area (Å²) in [4.78, 5) is 25.9. The van der Waals surface area contributed by atoms with Crippen LogP contribution in [0, 0.1) is 0 Å². The Morgan fingerprint density at radius 1 is 1.22 bits per heavy atom. The van der Waals surface area contributed by atoms with E-state index in [2.05, 4.69) is 0 Å². The van der Waals surface area contributed by atoms with Crippen molar-refractivity contribution in [2.45, 2.75) is 31.6 Å². The Bertz CT molecular complexity index is 566. The molecule has 0 fully saturated rings. The van der Waals surface area contributed by atoms with E-state index in [1.165, 1.54) is 4.90 Å². The van der Waals surface area contributed by atoms with Crippen molar-refractivity contribution in [2.75, 3.05) is 13.2 Å². The fourth-order valence-corrected chi connectivity index (χ4v) is 2.17. The third-order valence-corrected chi connectivity index (χ3v) is 3.66. The lowest BCUT2D eigenvalue weighted by atomic mass is 10.2. The maximum atomic E-state index is 12.6. The summed E-state index contributed by atoms with van der Waals surface area (Å²) in [5, 5.41) is 0. The van der Waals surface area contributed by atoms with Gasteiger partial charge in [-0.1, -0.05) is 65.2 Å². The summed E-state index contributed by atoms with van der Waals surface area (Å²) in [6.45, 7) is 6.16. The first-order valence-electron chi connectivity index (χ1n) is 7.30. The SMILES string of the molecule is CCOC(=O)C(Cl)(Cl)C(=O)N(CC=C(C)C)Cc1ccccc1. The molecule has 0 aromatic heterocycles. The van der Waals surface area contributed by atoms with Crippen LogP contribution in [0.4, 0.5) is 0 Å². The van der Waals surface area contributed by atoms with Crippen LogP contribution in [-0.4, -0.2) is 34.3 Å². The van der Waals surface area contributed by atoms with Crippen molar-refractivity contribution in [3.05, 3.63) is 47.5 Å². The van der Waals surface area contributed by atoms with Crippen LogP contribution in [-0.2, 0) is 20.9 Å². The molecule has 0 radical (unpaired) electrons. The highest BCUT2D eigenvalue weighted by atomic mass is 35.5. The zero-order valence-corrected chi connectivity index (χ0v) is 15.0. The van der Waals surface area contributed by atoms with Gasteiger partial charge >= 0.3 is 5.97 Å². The Morgan fingerprint density at radius 3 is 2.35 bits per heavy atom. The number of amides is 1. The second-order valence-corrected chi connectivity index (χ2v) is 6.57. The lowest BCUT2D eigenvalue weighted by molar-refractivity contribution is -0.149. The summed E-state index contributed by atoms with van der Waals surface area (Å²) in [5.41, 5.74) is 1.96. The average molecular weight is 358 g/mol. The Balaban J connectivity index is 3.00. The van der Waals surface area contributed by atoms with E-state index in [-0.39, 0.29) is 6.61 Å². The molecule has 4 nitrogen and oxygen atoms in total. The molecule has 1 amide bonds. The second kappa shape index (κ2) is 8.94. The van der Waals surface area contributed by atoms with Gasteiger partial charge < -0.3 is 9.64 Å². The molecule has 1 aromatic carbocycles. The topological polar surface area (TPSA) is 46.6 Å². The summed E-state index contributed by atoms with van der Waals surface area (Å²) in [5.74, 6) is -1.65. The highest BCUT2D eigenvalue weighted by Gasteiger charge is 2.46. The first-order valence-corrected chi connectivity index (χ1v) is 8.06. The van der Waals surface area contributed by atoms with E-state index in [0.717, 1.165) is 11.1 Å². The Labute approximate surface area is 147 Å². The number of rotatable bonds is 7. The first kappa shape index (κ1) is 19.5. The second-order valence-electron chi connectivity index (χ2n) is 5.25. The molecular weight excluding hydrogens is 337 g/mol. The molecule has 0 saturated carbocycles. The third kappa shape index (κ3) is 5.88. The Hall–Kier alpha value is -1.52. The van der Waals surface area contributed by atoms with E-state index in [4.69, 9.17) is 27.9 Å². The number of allylic oxidation sites excluding steroid dienone is 1. The molecular formula is C17H21Cl2NO3. The van der Waals surface area contributed by atoms with E-state index in [9.17, 15) is 9.59 Å². The van der Waals surface area contributed by atoms with Crippen LogP contribution in [0.1, 0.15) is 26.3 Å². The molecule has 0 bridgehead atoms. The molecule has 1 rings (SSSR count). The van der Waals surface area contributed by atoms with E-state index in [0.29, 0.717) is 13.1 Å². The molecule has 126 valence electrons. The number of benzene rings is 1. The number of alkyl halides is 2. The lowest BCUT2D eigenvalue weighted by Gasteiger charge is -2.27. The van der Waals surface area contributed by atoms with Gasteiger partial charge in [-0.05, 0) is 26.3 Å². The number of nitrogens with zero attached hydrogens (tertiary/aromatic N) is 1. The third-order valence-electron chi connectivity index (χ3n) is 3.02. The highest BCUT2D eigenvalue weighted by Crippen LogP contribution is 2.27. The Kier molecular flexibility index (Phi) is 7.59. The monoisotopic (exact) mass is 357 g/mol. The number of ether oxygens (including phenoxy) is 1. The number of carbonyl (C=O) groups is 2. The maximum absolute atomic E-state index is 12.6. The average Bonchev–Trinajstić information content (AvgIpc) is 2.51. The number of halogens is 2. The zero-order chi connectivity index (χ0) is 17.5. The molecule has 23 heavy (non-hydrogen) atoms. The summed E-state index contributed by atoms with van der Waals surface area (Å²) in [6.07, 6.45) is 1.87. The van der Waals surface area contributed by atoms with Gasteiger partial charge in [-0.3, -0.25) is 4.79 Å². The quantitative estimate of drug-likeness (QED) is 0.323.